The SMILES string of the molecule is [2H]C([2H])([2H])n1c(=O)n(C23CC4CC(CC(O)(C4)C2)C3)c2nc(Cl)ncc21. The molecule has 6 rings (SSSR count). The molecule has 23 heavy (non-hydrogen) atoms. The number of aliphatic hydroxyl groups is 1. The highest BCUT2D eigenvalue weighted by Crippen LogP contribution is 2.60. The van der Waals surface area contributed by atoms with E-state index in [9.17, 15) is 9.90 Å². The maximum absolute atomic E-state index is 13.2. The van der Waals surface area contributed by atoms with Gasteiger partial charge < -0.3 is 5.11 Å². The molecule has 0 aromatic carbocycles. The molecule has 4 bridgehead atoms. The van der Waals surface area contributed by atoms with Crippen molar-refractivity contribution in [2.24, 2.45) is 18.8 Å². The zero-order valence-electron chi connectivity index (χ0n) is 15.5. The molecule has 0 amide bonds. The zero-order chi connectivity index (χ0) is 18.5. The molecule has 4 fully saturated rings. The third kappa shape index (κ3) is 1.76. The van der Waals surface area contributed by atoms with Crippen LogP contribution in [0.4, 0.5) is 0 Å². The highest BCUT2D eigenvalue weighted by Gasteiger charge is 2.59. The molecule has 7 heteroatoms. The number of halogens is 1. The first-order valence-corrected chi connectivity index (χ1v) is 8.37. The Kier molecular flexibility index (Phi) is 2.03. The molecule has 2 atom stereocenters. The Morgan fingerprint density at radius 1 is 1.39 bits per heavy atom. The molecule has 2 unspecified atom stereocenters. The minimum Gasteiger partial charge on any atom is -0.390 e. The van der Waals surface area contributed by atoms with Crippen LogP contribution >= 0.6 is 11.6 Å². The molecule has 2 aromatic heterocycles. The molecular weight excluding hydrogens is 316 g/mol. The number of hydrogen-bond donors (Lipinski definition) is 1. The summed E-state index contributed by atoms with van der Waals surface area (Å²) >= 11 is 5.96. The number of aryl methyl sites for hydroxylation is 1. The van der Waals surface area contributed by atoms with Gasteiger partial charge in [-0.25, -0.2) is 9.78 Å². The maximum Gasteiger partial charge on any atom is 0.330 e. The van der Waals surface area contributed by atoms with E-state index in [1.165, 1.54) is 10.8 Å². The van der Waals surface area contributed by atoms with E-state index in [4.69, 9.17) is 15.7 Å². The van der Waals surface area contributed by atoms with Gasteiger partial charge in [0.1, 0.15) is 5.52 Å². The third-order valence-electron chi connectivity index (χ3n) is 6.03. The molecule has 4 aliphatic rings. The molecule has 1 N–H and O–H groups in total. The smallest absolute Gasteiger partial charge is 0.330 e. The van der Waals surface area contributed by atoms with Crippen LogP contribution in [0.15, 0.2) is 11.0 Å². The second-order valence-electron chi connectivity index (χ2n) is 7.71. The number of nitrogens with zero attached hydrogens (tertiary/aromatic N) is 4. The molecule has 4 aliphatic carbocycles. The summed E-state index contributed by atoms with van der Waals surface area (Å²) in [5.41, 5.74) is -1.61. The monoisotopic (exact) mass is 337 g/mol. The van der Waals surface area contributed by atoms with Crippen LogP contribution in [0.2, 0.25) is 5.28 Å². The number of imidazole rings is 1. The first kappa shape index (κ1) is 11.2. The molecule has 4 saturated carbocycles. The predicted molar refractivity (Wildman–Crippen MR) is 85.4 cm³/mol. The zero-order valence-corrected chi connectivity index (χ0v) is 13.3. The van der Waals surface area contributed by atoms with Crippen LogP contribution in [0.25, 0.3) is 11.2 Å². The van der Waals surface area contributed by atoms with Gasteiger partial charge >= 0.3 is 5.69 Å². The Labute approximate surface area is 142 Å². The lowest BCUT2D eigenvalue weighted by Crippen LogP contribution is -2.61. The first-order chi connectivity index (χ1) is 12.1. The normalized spacial score (nSPS) is 41.0. The fourth-order valence-corrected chi connectivity index (χ4v) is 5.95. The summed E-state index contributed by atoms with van der Waals surface area (Å²) in [5.74, 6) is 0.688. The van der Waals surface area contributed by atoms with Gasteiger partial charge in [0, 0.05) is 11.1 Å². The van der Waals surface area contributed by atoms with Gasteiger partial charge in [-0.1, -0.05) is 0 Å². The van der Waals surface area contributed by atoms with E-state index in [2.05, 4.69) is 9.97 Å². The summed E-state index contributed by atoms with van der Waals surface area (Å²) in [6, 6.07) is 0. The van der Waals surface area contributed by atoms with E-state index in [0.29, 0.717) is 18.3 Å². The van der Waals surface area contributed by atoms with Crippen LogP contribution in [-0.2, 0) is 12.5 Å². The molecule has 2 aromatic rings. The Morgan fingerprint density at radius 3 is 2.78 bits per heavy atom. The summed E-state index contributed by atoms with van der Waals surface area (Å²) in [6.07, 6.45) is 5.84. The fourth-order valence-electron chi connectivity index (χ4n) is 5.82. The van der Waals surface area contributed by atoms with Crippen molar-refractivity contribution in [3.05, 3.63) is 22.0 Å². The van der Waals surface area contributed by atoms with Crippen LogP contribution in [0.5, 0.6) is 0 Å². The topological polar surface area (TPSA) is 72.9 Å². The van der Waals surface area contributed by atoms with Crippen molar-refractivity contribution < 1.29 is 9.22 Å². The molecule has 0 radical (unpaired) electrons. The highest BCUT2D eigenvalue weighted by molar-refractivity contribution is 6.28. The molecule has 6 nitrogen and oxygen atoms in total. The Morgan fingerprint density at radius 2 is 2.13 bits per heavy atom. The number of fused-ring (bicyclic) bond motifs is 1. The average molecular weight is 338 g/mol. The summed E-state index contributed by atoms with van der Waals surface area (Å²) in [4.78, 5) is 21.3. The summed E-state index contributed by atoms with van der Waals surface area (Å²) in [5, 5.41) is 11.0. The van der Waals surface area contributed by atoms with Crippen molar-refractivity contribution >= 4 is 22.8 Å². The molecule has 122 valence electrons. The minimum absolute atomic E-state index is 0.0302. The maximum atomic E-state index is 13.2. The van der Waals surface area contributed by atoms with Crippen LogP contribution in [0.1, 0.15) is 42.6 Å². The van der Waals surface area contributed by atoms with E-state index in [1.807, 2.05) is 0 Å². The van der Waals surface area contributed by atoms with Gasteiger partial charge in [-0.2, -0.15) is 4.98 Å². The van der Waals surface area contributed by atoms with Crippen molar-refractivity contribution in [3.63, 3.8) is 0 Å². The quantitative estimate of drug-likeness (QED) is 0.806. The Hall–Kier alpha value is -1.40. The van der Waals surface area contributed by atoms with Crippen LogP contribution in [0, 0.1) is 11.8 Å². The van der Waals surface area contributed by atoms with E-state index in [1.54, 1.807) is 0 Å². The second kappa shape index (κ2) is 4.16. The Balaban J connectivity index is 1.82. The number of rotatable bonds is 1. The van der Waals surface area contributed by atoms with Crippen molar-refractivity contribution in [1.82, 2.24) is 19.1 Å². The lowest BCUT2D eigenvalue weighted by atomic mass is 9.51. The van der Waals surface area contributed by atoms with Crippen molar-refractivity contribution in [2.45, 2.75) is 49.7 Å². The summed E-state index contributed by atoms with van der Waals surface area (Å²) in [6.45, 7) is -2.64. The minimum atomic E-state index is -2.64. The van der Waals surface area contributed by atoms with Gasteiger partial charge in [0.25, 0.3) is 0 Å². The lowest BCUT2D eigenvalue weighted by molar-refractivity contribution is -0.156. The highest BCUT2D eigenvalue weighted by atomic mass is 35.5. The van der Waals surface area contributed by atoms with Gasteiger partial charge in [-0.15, -0.1) is 0 Å². The van der Waals surface area contributed by atoms with Crippen molar-refractivity contribution in [1.29, 1.82) is 0 Å². The van der Waals surface area contributed by atoms with Gasteiger partial charge in [0.15, 0.2) is 5.65 Å². The van der Waals surface area contributed by atoms with Crippen LogP contribution < -0.4 is 5.69 Å². The standard InChI is InChI=1S/C16H19ClN4O2/c1-20-11-7-18-13(17)19-12(11)21(14(20)22)15-3-9-2-10(4-15)6-16(23,5-9)8-15/h7,9-10,23H,2-6,8H2,1H3/i1D3. The first-order valence-electron chi connectivity index (χ1n) is 9.50. The lowest BCUT2D eigenvalue weighted by Gasteiger charge is -2.60. The van der Waals surface area contributed by atoms with Gasteiger partial charge in [0.05, 0.1) is 17.3 Å². The second-order valence-corrected chi connectivity index (χ2v) is 8.05. The molecule has 2 heterocycles. The van der Waals surface area contributed by atoms with E-state index >= 15 is 0 Å². The Bertz CT molecular complexity index is 968. The van der Waals surface area contributed by atoms with Crippen molar-refractivity contribution in [3.8, 4) is 0 Å². The molecule has 0 aliphatic heterocycles. The van der Waals surface area contributed by atoms with E-state index < -0.39 is 23.8 Å². The average Bonchev–Trinajstić information content (AvgIpc) is 2.76. The molecule has 0 spiro atoms. The van der Waals surface area contributed by atoms with Gasteiger partial charge in [-0.3, -0.25) is 9.13 Å². The molecular formula is C16H19ClN4O2. The predicted octanol–water partition coefficient (Wildman–Crippen LogP) is 1.82. The van der Waals surface area contributed by atoms with Crippen molar-refractivity contribution in [2.75, 3.05) is 0 Å². The van der Waals surface area contributed by atoms with Crippen LogP contribution in [-0.4, -0.2) is 29.8 Å². The van der Waals surface area contributed by atoms with Gasteiger partial charge in [0.2, 0.25) is 5.28 Å². The molecule has 0 saturated heterocycles. The van der Waals surface area contributed by atoms with Gasteiger partial charge in [-0.05, 0) is 62.0 Å². The number of hydrogen-bond acceptors (Lipinski definition) is 4. The summed E-state index contributed by atoms with van der Waals surface area (Å²) in [7, 11) is 0. The van der Waals surface area contributed by atoms with E-state index in [-0.39, 0.29) is 16.4 Å². The fraction of sp³-hybridized carbons (Fsp3) is 0.688. The largest absolute Gasteiger partial charge is 0.390 e. The van der Waals surface area contributed by atoms with E-state index in [0.717, 1.165) is 36.7 Å². The summed E-state index contributed by atoms with van der Waals surface area (Å²) < 4.78 is 25.6. The number of aromatic nitrogens is 4. The van der Waals surface area contributed by atoms with Crippen LogP contribution in [0.3, 0.4) is 0 Å². The third-order valence-corrected chi connectivity index (χ3v) is 6.21.